The Kier molecular flexibility index (Phi) is 10.1. The number of nitrogens with two attached hydrogens (primary N) is 2. The van der Waals surface area contributed by atoms with E-state index in [1.807, 2.05) is 12.2 Å². The maximum absolute atomic E-state index is 5.79. The van der Waals surface area contributed by atoms with E-state index in [0.717, 1.165) is 9.81 Å². The van der Waals surface area contributed by atoms with Crippen LogP contribution in [-0.4, -0.2) is 0 Å². The molecule has 0 spiro atoms. The van der Waals surface area contributed by atoms with Crippen LogP contribution in [0.3, 0.4) is 0 Å². The van der Waals surface area contributed by atoms with Crippen molar-refractivity contribution in [3.8, 4) is 0 Å². The van der Waals surface area contributed by atoms with Crippen molar-refractivity contribution in [1.29, 1.82) is 0 Å². The van der Waals surface area contributed by atoms with Crippen LogP contribution in [0.4, 0.5) is 0 Å². The smallest absolute Gasteiger partial charge is 0.0325 e. The molecule has 0 bridgehead atoms. The Morgan fingerprint density at radius 2 is 1.05 bits per heavy atom. The van der Waals surface area contributed by atoms with Crippen LogP contribution < -0.4 is 11.5 Å². The van der Waals surface area contributed by atoms with Crippen LogP contribution >= 0.6 is 21.6 Å². The van der Waals surface area contributed by atoms with Gasteiger partial charge in [0.05, 0.1) is 0 Å². The van der Waals surface area contributed by atoms with Crippen molar-refractivity contribution < 1.29 is 0 Å². The molecule has 106 valence electrons. The lowest BCUT2D eigenvalue weighted by atomic mass is 10.3. The topological polar surface area (TPSA) is 52.0 Å². The summed E-state index contributed by atoms with van der Waals surface area (Å²) < 4.78 is 0. The van der Waals surface area contributed by atoms with Gasteiger partial charge in [-0.3, -0.25) is 0 Å². The third kappa shape index (κ3) is 8.34. The molecule has 0 unspecified atom stereocenters. The van der Waals surface area contributed by atoms with E-state index in [2.05, 4.69) is 26.3 Å². The van der Waals surface area contributed by atoms with Crippen molar-refractivity contribution >= 4 is 21.6 Å². The van der Waals surface area contributed by atoms with Gasteiger partial charge in [0.1, 0.15) is 0 Å². The van der Waals surface area contributed by atoms with E-state index in [1.54, 1.807) is 36.5 Å². The fourth-order valence-electron chi connectivity index (χ4n) is 1.03. The first kappa shape index (κ1) is 18.2. The highest BCUT2D eigenvalue weighted by Gasteiger charge is 1.99. The molecule has 0 saturated carbocycles. The van der Waals surface area contributed by atoms with Crippen molar-refractivity contribution in [3.05, 3.63) is 96.1 Å². The monoisotopic (exact) mass is 304 g/mol. The second-order valence-corrected chi connectivity index (χ2v) is 5.75. The molecule has 20 heavy (non-hydrogen) atoms. The number of rotatable bonds is 9. The molecule has 0 fully saturated rings. The molecule has 0 saturated heterocycles. The first-order chi connectivity index (χ1) is 9.57. The van der Waals surface area contributed by atoms with E-state index in [4.69, 9.17) is 11.5 Å². The van der Waals surface area contributed by atoms with Crippen LogP contribution in [0.2, 0.25) is 0 Å². The Morgan fingerprint density at radius 3 is 1.30 bits per heavy atom. The van der Waals surface area contributed by atoms with Crippen LogP contribution in [0.15, 0.2) is 96.1 Å². The summed E-state index contributed by atoms with van der Waals surface area (Å²) in [7, 11) is 3.05. The Balaban J connectivity index is 4.86. The summed E-state index contributed by atoms with van der Waals surface area (Å²) in [6.07, 6.45) is 13.9. The first-order valence-electron chi connectivity index (χ1n) is 5.76. The molecule has 0 radical (unpaired) electrons. The molecule has 2 nitrogen and oxygen atoms in total. The van der Waals surface area contributed by atoms with Gasteiger partial charge in [0.25, 0.3) is 0 Å². The zero-order valence-corrected chi connectivity index (χ0v) is 13.1. The summed E-state index contributed by atoms with van der Waals surface area (Å²) in [4.78, 5) is 1.87. The Bertz CT molecular complexity index is 449. The third-order valence-corrected chi connectivity index (χ3v) is 4.32. The van der Waals surface area contributed by atoms with Gasteiger partial charge in [0.2, 0.25) is 0 Å². The molecular formula is C16H20N2S2. The second kappa shape index (κ2) is 11.1. The van der Waals surface area contributed by atoms with Gasteiger partial charge in [-0.05, 0) is 24.3 Å². The molecular weight excluding hydrogens is 284 g/mol. The average molecular weight is 304 g/mol. The summed E-state index contributed by atoms with van der Waals surface area (Å²) in [5.41, 5.74) is 12.8. The van der Waals surface area contributed by atoms with Crippen LogP contribution in [0.1, 0.15) is 0 Å². The normalized spacial score (nSPS) is 13.8. The molecule has 4 heteroatoms. The van der Waals surface area contributed by atoms with Gasteiger partial charge in [-0.25, -0.2) is 0 Å². The highest BCUT2D eigenvalue weighted by Crippen LogP contribution is 2.37. The molecule has 0 rings (SSSR count). The maximum atomic E-state index is 5.79. The lowest BCUT2D eigenvalue weighted by Gasteiger charge is -2.03. The first-order valence-corrected chi connectivity index (χ1v) is 7.91. The summed E-state index contributed by atoms with van der Waals surface area (Å²) in [6.45, 7) is 14.7. The minimum Gasteiger partial charge on any atom is -0.399 e. The molecule has 0 aromatic carbocycles. The predicted molar refractivity (Wildman–Crippen MR) is 96.7 cm³/mol. The van der Waals surface area contributed by atoms with Crippen molar-refractivity contribution in [3.63, 3.8) is 0 Å². The van der Waals surface area contributed by atoms with E-state index in [1.165, 1.54) is 21.6 Å². The molecule has 0 aliphatic rings. The molecule has 0 atom stereocenters. The molecule has 0 aliphatic carbocycles. The highest BCUT2D eigenvalue weighted by molar-refractivity contribution is 8.79. The van der Waals surface area contributed by atoms with E-state index in [9.17, 15) is 0 Å². The molecule has 0 amide bonds. The summed E-state index contributed by atoms with van der Waals surface area (Å²) in [6, 6.07) is 0. The fraction of sp³-hybridized carbons (Fsp3) is 0. The van der Waals surface area contributed by atoms with Crippen molar-refractivity contribution in [2.45, 2.75) is 0 Å². The van der Waals surface area contributed by atoms with E-state index >= 15 is 0 Å². The van der Waals surface area contributed by atoms with Gasteiger partial charge in [-0.2, -0.15) is 0 Å². The fourth-order valence-corrected chi connectivity index (χ4v) is 3.00. The molecule has 0 heterocycles. The average Bonchev–Trinajstić information content (AvgIpc) is 2.42. The maximum Gasteiger partial charge on any atom is 0.0325 e. The summed E-state index contributed by atoms with van der Waals surface area (Å²) >= 11 is 0. The molecule has 0 aromatic rings. The van der Waals surface area contributed by atoms with Gasteiger partial charge in [0, 0.05) is 21.2 Å². The number of hydrogen-bond acceptors (Lipinski definition) is 4. The Morgan fingerprint density at radius 1 is 0.700 bits per heavy atom. The zero-order chi connectivity index (χ0) is 15.4. The van der Waals surface area contributed by atoms with Crippen molar-refractivity contribution in [2.75, 3.05) is 0 Å². The zero-order valence-electron chi connectivity index (χ0n) is 11.4. The van der Waals surface area contributed by atoms with E-state index < -0.39 is 0 Å². The van der Waals surface area contributed by atoms with Crippen LogP contribution in [0, 0.1) is 0 Å². The number of allylic oxidation sites excluding steroid dienone is 8. The quantitative estimate of drug-likeness (QED) is 0.484. The SMILES string of the molecule is C=C/C=C(N)\C=C(/C=C)SS/C(C=C)=C/C(N)=C\C=C. The van der Waals surface area contributed by atoms with Crippen LogP contribution in [-0.2, 0) is 0 Å². The standard InChI is InChI=1S/C16H20N2S2/c1-5-9-13(17)11-15(7-3)19-20-16(8-4)12-14(18)10-6-2/h5-12H,1-4,17-18H2/b13-9+,14-10+,15-11+,16-12+. The minimum absolute atomic E-state index is 0.623. The van der Waals surface area contributed by atoms with Gasteiger partial charge in [-0.1, -0.05) is 72.2 Å². The highest BCUT2D eigenvalue weighted by atomic mass is 33.1. The van der Waals surface area contributed by atoms with Crippen LogP contribution in [0.5, 0.6) is 0 Å². The Labute approximate surface area is 129 Å². The van der Waals surface area contributed by atoms with Gasteiger partial charge in [-0.15, -0.1) is 0 Å². The van der Waals surface area contributed by atoms with Gasteiger partial charge >= 0.3 is 0 Å². The van der Waals surface area contributed by atoms with Crippen LogP contribution in [0.25, 0.3) is 0 Å². The molecule has 0 aliphatic heterocycles. The largest absolute Gasteiger partial charge is 0.399 e. The lowest BCUT2D eigenvalue weighted by Crippen LogP contribution is -1.93. The number of hydrogen-bond donors (Lipinski definition) is 2. The molecule has 0 aromatic heterocycles. The van der Waals surface area contributed by atoms with Gasteiger partial charge < -0.3 is 11.5 Å². The predicted octanol–water partition coefficient (Wildman–Crippen LogP) is 4.56. The van der Waals surface area contributed by atoms with Gasteiger partial charge in [0.15, 0.2) is 0 Å². The third-order valence-electron chi connectivity index (χ3n) is 1.87. The van der Waals surface area contributed by atoms with Crippen molar-refractivity contribution in [2.24, 2.45) is 11.5 Å². The van der Waals surface area contributed by atoms with E-state index in [0.29, 0.717) is 11.4 Å². The summed E-state index contributed by atoms with van der Waals surface area (Å²) in [5, 5.41) is 0. The lowest BCUT2D eigenvalue weighted by molar-refractivity contribution is 1.42. The van der Waals surface area contributed by atoms with E-state index in [-0.39, 0.29) is 0 Å². The Hall–Kier alpha value is -1.78. The summed E-state index contributed by atoms with van der Waals surface area (Å²) in [5.74, 6) is 0. The minimum atomic E-state index is 0.623. The second-order valence-electron chi connectivity index (χ2n) is 3.47. The van der Waals surface area contributed by atoms with Crippen molar-refractivity contribution in [1.82, 2.24) is 0 Å². The molecule has 4 N–H and O–H groups in total.